The van der Waals surface area contributed by atoms with Crippen molar-refractivity contribution in [1.29, 1.82) is 0 Å². The molecule has 0 spiro atoms. The van der Waals surface area contributed by atoms with Gasteiger partial charge in [0.25, 0.3) is 0 Å². The molecule has 0 bridgehead atoms. The minimum atomic E-state index is -0.667. The minimum Gasteiger partial charge on any atom is -0.465 e. The SMILES string of the molecule is COC(=O)c1cc(Cl)ncc1C(=O)OC(C)(C)C. The fourth-order valence-electron chi connectivity index (χ4n) is 1.20. The zero-order chi connectivity index (χ0) is 13.9. The molecule has 0 saturated heterocycles. The van der Waals surface area contributed by atoms with Gasteiger partial charge < -0.3 is 9.47 Å². The topological polar surface area (TPSA) is 65.5 Å². The van der Waals surface area contributed by atoms with Crippen molar-refractivity contribution < 1.29 is 19.1 Å². The summed E-state index contributed by atoms with van der Waals surface area (Å²) in [7, 11) is 1.22. The summed E-state index contributed by atoms with van der Waals surface area (Å²) >= 11 is 5.68. The Morgan fingerprint density at radius 1 is 1.22 bits per heavy atom. The molecule has 5 nitrogen and oxygen atoms in total. The highest BCUT2D eigenvalue weighted by molar-refractivity contribution is 6.29. The number of carbonyl (C=O) groups excluding carboxylic acids is 2. The number of esters is 2. The Balaban J connectivity index is 3.16. The van der Waals surface area contributed by atoms with Crippen molar-refractivity contribution in [2.24, 2.45) is 0 Å². The number of hydrogen-bond acceptors (Lipinski definition) is 5. The molecule has 0 N–H and O–H groups in total. The van der Waals surface area contributed by atoms with E-state index in [1.165, 1.54) is 19.4 Å². The van der Waals surface area contributed by atoms with Crippen LogP contribution >= 0.6 is 11.6 Å². The van der Waals surface area contributed by atoms with Crippen molar-refractivity contribution in [3.63, 3.8) is 0 Å². The van der Waals surface area contributed by atoms with Crippen LogP contribution in [0.25, 0.3) is 0 Å². The van der Waals surface area contributed by atoms with Crippen LogP contribution in [0.3, 0.4) is 0 Å². The average molecular weight is 272 g/mol. The van der Waals surface area contributed by atoms with Gasteiger partial charge in [0, 0.05) is 6.20 Å². The van der Waals surface area contributed by atoms with Crippen LogP contribution in [0, 0.1) is 0 Å². The van der Waals surface area contributed by atoms with Crippen LogP contribution in [-0.2, 0) is 9.47 Å². The molecule has 0 aliphatic rings. The van der Waals surface area contributed by atoms with E-state index in [1.807, 2.05) is 0 Å². The summed E-state index contributed by atoms with van der Waals surface area (Å²) in [6, 6.07) is 1.27. The van der Waals surface area contributed by atoms with Gasteiger partial charge in [0.15, 0.2) is 0 Å². The maximum Gasteiger partial charge on any atom is 0.341 e. The van der Waals surface area contributed by atoms with E-state index in [-0.39, 0.29) is 16.3 Å². The van der Waals surface area contributed by atoms with Crippen LogP contribution in [0.15, 0.2) is 12.3 Å². The molecule has 1 aromatic heterocycles. The van der Waals surface area contributed by atoms with Crippen molar-refractivity contribution >= 4 is 23.5 Å². The molecule has 0 atom stereocenters. The first-order valence-electron chi connectivity index (χ1n) is 5.22. The highest BCUT2D eigenvalue weighted by atomic mass is 35.5. The van der Waals surface area contributed by atoms with E-state index in [0.717, 1.165) is 0 Å². The van der Waals surface area contributed by atoms with E-state index in [9.17, 15) is 9.59 Å². The van der Waals surface area contributed by atoms with E-state index in [2.05, 4.69) is 9.72 Å². The molecule has 0 saturated carbocycles. The summed E-state index contributed by atoms with van der Waals surface area (Å²) in [5.74, 6) is -1.31. The zero-order valence-electron chi connectivity index (χ0n) is 10.6. The standard InChI is InChI=1S/C12H14ClNO4/c1-12(2,3)18-11(16)8-6-14-9(13)5-7(8)10(15)17-4/h5-6H,1-4H3. The summed E-state index contributed by atoms with van der Waals surface area (Å²) in [5, 5.41) is 0.0997. The fraction of sp³-hybridized carbons (Fsp3) is 0.417. The number of aromatic nitrogens is 1. The molecule has 0 aliphatic carbocycles. The van der Waals surface area contributed by atoms with E-state index < -0.39 is 17.5 Å². The zero-order valence-corrected chi connectivity index (χ0v) is 11.4. The van der Waals surface area contributed by atoms with Gasteiger partial charge in [0.1, 0.15) is 10.8 Å². The number of rotatable bonds is 2. The van der Waals surface area contributed by atoms with E-state index >= 15 is 0 Å². The van der Waals surface area contributed by atoms with Crippen molar-refractivity contribution in [1.82, 2.24) is 4.98 Å². The lowest BCUT2D eigenvalue weighted by Crippen LogP contribution is -2.25. The number of ether oxygens (including phenoxy) is 2. The van der Waals surface area contributed by atoms with Gasteiger partial charge in [0.05, 0.1) is 18.2 Å². The molecule has 6 heteroatoms. The van der Waals surface area contributed by atoms with Gasteiger partial charge in [-0.15, -0.1) is 0 Å². The molecule has 1 rings (SSSR count). The third-order valence-corrected chi connectivity index (χ3v) is 2.10. The Bertz CT molecular complexity index is 479. The second-order valence-corrected chi connectivity index (χ2v) is 4.93. The van der Waals surface area contributed by atoms with E-state index in [4.69, 9.17) is 16.3 Å². The number of halogens is 1. The second-order valence-electron chi connectivity index (χ2n) is 4.55. The molecular formula is C12H14ClNO4. The average Bonchev–Trinajstić information content (AvgIpc) is 2.25. The van der Waals surface area contributed by atoms with Crippen LogP contribution in [0.2, 0.25) is 5.15 Å². The third kappa shape index (κ3) is 3.70. The molecule has 1 heterocycles. The quantitative estimate of drug-likeness (QED) is 0.611. The molecule has 0 radical (unpaired) electrons. The Labute approximate surface area is 110 Å². The van der Waals surface area contributed by atoms with Crippen LogP contribution in [-0.4, -0.2) is 29.6 Å². The molecule has 0 fully saturated rings. The monoisotopic (exact) mass is 271 g/mol. The second kappa shape index (κ2) is 5.35. The van der Waals surface area contributed by atoms with Crippen LogP contribution < -0.4 is 0 Å². The van der Waals surface area contributed by atoms with Gasteiger partial charge in [-0.3, -0.25) is 0 Å². The lowest BCUT2D eigenvalue weighted by atomic mass is 10.1. The minimum absolute atomic E-state index is 0.0289. The molecule has 18 heavy (non-hydrogen) atoms. The van der Waals surface area contributed by atoms with Gasteiger partial charge in [-0.25, -0.2) is 14.6 Å². The fourth-order valence-corrected chi connectivity index (χ4v) is 1.36. The summed E-state index contributed by atoms with van der Waals surface area (Å²) < 4.78 is 9.75. The van der Waals surface area contributed by atoms with Crippen LogP contribution in [0.1, 0.15) is 41.5 Å². The summed E-state index contributed by atoms with van der Waals surface area (Å²) in [6.45, 7) is 5.18. The predicted molar refractivity (Wildman–Crippen MR) is 65.8 cm³/mol. The molecule has 0 aliphatic heterocycles. The van der Waals surface area contributed by atoms with Crippen LogP contribution in [0.4, 0.5) is 0 Å². The first-order valence-corrected chi connectivity index (χ1v) is 5.59. The summed E-state index contributed by atoms with van der Waals surface area (Å²) in [4.78, 5) is 27.2. The van der Waals surface area contributed by atoms with Crippen molar-refractivity contribution in [2.75, 3.05) is 7.11 Å². The van der Waals surface area contributed by atoms with Gasteiger partial charge in [-0.1, -0.05) is 11.6 Å². The Morgan fingerprint density at radius 2 is 1.83 bits per heavy atom. The Kier molecular flexibility index (Phi) is 4.29. The summed E-state index contributed by atoms with van der Waals surface area (Å²) in [6.07, 6.45) is 1.20. The molecule has 0 aromatic carbocycles. The molecule has 98 valence electrons. The number of nitrogens with zero attached hydrogens (tertiary/aromatic N) is 1. The molecule has 1 aromatic rings. The smallest absolute Gasteiger partial charge is 0.341 e. The highest BCUT2D eigenvalue weighted by Gasteiger charge is 2.24. The predicted octanol–water partition coefficient (Wildman–Crippen LogP) is 2.48. The van der Waals surface area contributed by atoms with Gasteiger partial charge in [-0.05, 0) is 26.8 Å². The highest BCUT2D eigenvalue weighted by Crippen LogP contribution is 2.18. The third-order valence-electron chi connectivity index (χ3n) is 1.89. The molecule has 0 unspecified atom stereocenters. The number of hydrogen-bond donors (Lipinski definition) is 0. The van der Waals surface area contributed by atoms with E-state index in [0.29, 0.717) is 0 Å². The Morgan fingerprint density at radius 3 is 2.33 bits per heavy atom. The van der Waals surface area contributed by atoms with E-state index in [1.54, 1.807) is 20.8 Å². The van der Waals surface area contributed by atoms with Crippen molar-refractivity contribution in [3.8, 4) is 0 Å². The van der Waals surface area contributed by atoms with Crippen molar-refractivity contribution in [3.05, 3.63) is 28.5 Å². The maximum atomic E-state index is 11.9. The number of carbonyl (C=O) groups is 2. The maximum absolute atomic E-state index is 11.9. The van der Waals surface area contributed by atoms with Gasteiger partial charge in [0.2, 0.25) is 0 Å². The largest absolute Gasteiger partial charge is 0.465 e. The van der Waals surface area contributed by atoms with Gasteiger partial charge >= 0.3 is 11.9 Å². The number of methoxy groups -OCH3 is 1. The Hall–Kier alpha value is -1.62. The molecule has 0 amide bonds. The summed E-state index contributed by atoms with van der Waals surface area (Å²) in [5.41, 5.74) is -0.600. The number of pyridine rings is 1. The molecular weight excluding hydrogens is 258 g/mol. The first-order chi connectivity index (χ1) is 8.24. The lowest BCUT2D eigenvalue weighted by molar-refractivity contribution is 0.00648. The van der Waals surface area contributed by atoms with Gasteiger partial charge in [-0.2, -0.15) is 0 Å². The first kappa shape index (κ1) is 14.4. The van der Waals surface area contributed by atoms with Crippen molar-refractivity contribution in [2.45, 2.75) is 26.4 Å². The lowest BCUT2D eigenvalue weighted by Gasteiger charge is -2.20. The normalized spacial score (nSPS) is 10.9. The van der Waals surface area contributed by atoms with Crippen LogP contribution in [0.5, 0.6) is 0 Å².